The molecule has 0 aliphatic rings. The summed E-state index contributed by atoms with van der Waals surface area (Å²) in [6, 6.07) is 7.91. The van der Waals surface area contributed by atoms with Crippen LogP contribution in [0.5, 0.6) is 5.75 Å². The Kier molecular flexibility index (Phi) is 5.89. The Hall–Kier alpha value is -1.51. The van der Waals surface area contributed by atoms with E-state index in [0.717, 1.165) is 11.3 Å². The highest BCUT2D eigenvalue weighted by atomic mass is 16.5. The van der Waals surface area contributed by atoms with Gasteiger partial charge in [-0.25, -0.2) is 0 Å². The smallest absolute Gasteiger partial charge is 0.313 e. The summed E-state index contributed by atoms with van der Waals surface area (Å²) in [5, 5.41) is 0. The molecule has 0 bridgehead atoms. The Morgan fingerprint density at radius 2 is 1.52 bits per heavy atom. The molecule has 0 atom stereocenters. The van der Waals surface area contributed by atoms with Gasteiger partial charge in [-0.3, -0.25) is 4.79 Å². The van der Waals surface area contributed by atoms with Crippen molar-refractivity contribution in [1.82, 2.24) is 0 Å². The molecule has 0 saturated carbocycles. The predicted octanol–water partition coefficient (Wildman–Crippen LogP) is 4.88. The first-order valence-corrected chi connectivity index (χ1v) is 8.30. The number of benzene rings is 1. The van der Waals surface area contributed by atoms with E-state index in [4.69, 9.17) is 9.47 Å². The molecule has 0 radical (unpaired) electrons. The van der Waals surface area contributed by atoms with Gasteiger partial charge in [-0.1, -0.05) is 59.7 Å². The van der Waals surface area contributed by atoms with Crippen LogP contribution in [0, 0.1) is 16.2 Å². The highest BCUT2D eigenvalue weighted by Crippen LogP contribution is 2.55. The zero-order valence-electron chi connectivity index (χ0n) is 15.9. The summed E-state index contributed by atoms with van der Waals surface area (Å²) in [5.74, 6) is 0.681. The van der Waals surface area contributed by atoms with Crippen molar-refractivity contribution in [2.45, 2.75) is 54.9 Å². The van der Waals surface area contributed by atoms with E-state index in [0.29, 0.717) is 13.0 Å². The molecule has 0 aromatic heterocycles. The van der Waals surface area contributed by atoms with E-state index in [1.165, 1.54) is 0 Å². The molecule has 3 heteroatoms. The number of hydrogen-bond acceptors (Lipinski definition) is 3. The quantitative estimate of drug-likeness (QED) is 0.725. The maximum atomic E-state index is 13.1. The zero-order valence-corrected chi connectivity index (χ0v) is 15.9. The number of carbonyl (C=O) groups is 1. The van der Waals surface area contributed by atoms with Crippen molar-refractivity contribution in [3.63, 3.8) is 0 Å². The van der Waals surface area contributed by atoms with Crippen molar-refractivity contribution in [3.8, 4) is 5.75 Å². The van der Waals surface area contributed by atoms with E-state index in [2.05, 4.69) is 41.5 Å². The molecule has 3 nitrogen and oxygen atoms in total. The van der Waals surface area contributed by atoms with Gasteiger partial charge in [0.25, 0.3) is 0 Å². The third kappa shape index (κ3) is 3.70. The van der Waals surface area contributed by atoms with Crippen LogP contribution in [0.1, 0.15) is 54.0 Å². The Bertz CT molecular complexity index is 519. The van der Waals surface area contributed by atoms with Gasteiger partial charge in [0.15, 0.2) is 0 Å². The maximum Gasteiger partial charge on any atom is 0.313 e. The molecule has 0 unspecified atom stereocenters. The minimum atomic E-state index is -0.662. The second kappa shape index (κ2) is 6.94. The third-order valence-electron chi connectivity index (χ3n) is 4.83. The van der Waals surface area contributed by atoms with Crippen LogP contribution >= 0.6 is 0 Å². The van der Waals surface area contributed by atoms with Gasteiger partial charge in [-0.2, -0.15) is 0 Å². The van der Waals surface area contributed by atoms with E-state index in [9.17, 15) is 4.79 Å². The van der Waals surface area contributed by atoms with Gasteiger partial charge in [0, 0.05) is 0 Å². The van der Waals surface area contributed by atoms with E-state index >= 15 is 0 Å². The number of carbonyl (C=O) groups excluding carboxylic acids is 1. The van der Waals surface area contributed by atoms with Crippen molar-refractivity contribution in [1.29, 1.82) is 0 Å². The van der Waals surface area contributed by atoms with Crippen LogP contribution in [0.3, 0.4) is 0 Å². The molecule has 130 valence electrons. The van der Waals surface area contributed by atoms with Gasteiger partial charge in [-0.15, -0.1) is 0 Å². The fourth-order valence-electron chi connectivity index (χ4n) is 3.73. The normalized spacial score (nSPS) is 12.9. The number of para-hydroxylation sites is 1. The first-order valence-electron chi connectivity index (χ1n) is 8.30. The first-order chi connectivity index (χ1) is 10.5. The second-order valence-corrected chi connectivity index (χ2v) is 8.11. The van der Waals surface area contributed by atoms with Gasteiger partial charge < -0.3 is 9.47 Å². The summed E-state index contributed by atoms with van der Waals surface area (Å²) >= 11 is 0. The standard InChI is InChI=1S/C20H32O3/c1-9-23-17(21)20(18(2,3)4,19(5,6)7)14-15-12-10-11-13-16(15)22-8/h10-13H,9,14H2,1-8H3. The topological polar surface area (TPSA) is 35.5 Å². The largest absolute Gasteiger partial charge is 0.496 e. The molecule has 0 spiro atoms. The summed E-state index contributed by atoms with van der Waals surface area (Å²) in [6.07, 6.45) is 0.586. The monoisotopic (exact) mass is 320 g/mol. The van der Waals surface area contributed by atoms with E-state index in [1.54, 1.807) is 7.11 Å². The minimum absolute atomic E-state index is 0.133. The number of hydrogen-bond donors (Lipinski definition) is 0. The summed E-state index contributed by atoms with van der Waals surface area (Å²) in [5.41, 5.74) is -0.158. The van der Waals surface area contributed by atoms with E-state index in [1.807, 2.05) is 31.2 Å². The molecule has 1 aromatic carbocycles. The predicted molar refractivity (Wildman–Crippen MR) is 94.7 cm³/mol. The van der Waals surface area contributed by atoms with Crippen molar-refractivity contribution in [2.24, 2.45) is 16.2 Å². The molecule has 23 heavy (non-hydrogen) atoms. The lowest BCUT2D eigenvalue weighted by molar-refractivity contribution is -0.175. The van der Waals surface area contributed by atoms with Gasteiger partial charge in [0.05, 0.1) is 19.1 Å². The highest BCUT2D eigenvalue weighted by molar-refractivity contribution is 5.79. The third-order valence-corrected chi connectivity index (χ3v) is 4.83. The van der Waals surface area contributed by atoms with Crippen LogP contribution in [0.2, 0.25) is 0 Å². The van der Waals surface area contributed by atoms with Gasteiger partial charge in [0.1, 0.15) is 5.75 Å². The average Bonchev–Trinajstić information content (AvgIpc) is 2.42. The summed E-state index contributed by atoms with van der Waals surface area (Å²) in [4.78, 5) is 13.1. The fraction of sp³-hybridized carbons (Fsp3) is 0.650. The van der Waals surface area contributed by atoms with Crippen LogP contribution in [-0.2, 0) is 16.0 Å². The fourth-order valence-corrected chi connectivity index (χ4v) is 3.73. The Morgan fingerprint density at radius 1 is 1.00 bits per heavy atom. The average molecular weight is 320 g/mol. The van der Waals surface area contributed by atoms with Crippen molar-refractivity contribution in [3.05, 3.63) is 29.8 Å². The van der Waals surface area contributed by atoms with E-state index < -0.39 is 5.41 Å². The molecule has 0 saturated heterocycles. The van der Waals surface area contributed by atoms with Crippen LogP contribution in [0.15, 0.2) is 24.3 Å². The Morgan fingerprint density at radius 3 is 1.96 bits per heavy atom. The summed E-state index contributed by atoms with van der Waals surface area (Å²) in [7, 11) is 1.67. The molecule has 0 fully saturated rings. The van der Waals surface area contributed by atoms with Gasteiger partial charge >= 0.3 is 5.97 Å². The minimum Gasteiger partial charge on any atom is -0.496 e. The van der Waals surface area contributed by atoms with Crippen LogP contribution in [0.25, 0.3) is 0 Å². The lowest BCUT2D eigenvalue weighted by atomic mass is 9.52. The maximum absolute atomic E-state index is 13.1. The summed E-state index contributed by atoms with van der Waals surface area (Å²) < 4.78 is 11.0. The lowest BCUT2D eigenvalue weighted by Crippen LogP contribution is -2.54. The molecular formula is C20H32O3. The zero-order chi connectivity index (χ0) is 17.9. The van der Waals surface area contributed by atoms with Crippen LogP contribution in [0.4, 0.5) is 0 Å². The van der Waals surface area contributed by atoms with Crippen LogP contribution in [-0.4, -0.2) is 19.7 Å². The molecule has 0 aliphatic heterocycles. The molecular weight excluding hydrogens is 288 g/mol. The molecule has 0 amide bonds. The second-order valence-electron chi connectivity index (χ2n) is 8.11. The van der Waals surface area contributed by atoms with Crippen LogP contribution < -0.4 is 4.74 Å². The van der Waals surface area contributed by atoms with Crippen molar-refractivity contribution < 1.29 is 14.3 Å². The molecule has 0 aliphatic carbocycles. The Labute approximate surface area is 141 Å². The Balaban J connectivity index is 3.53. The van der Waals surface area contributed by atoms with Crippen molar-refractivity contribution in [2.75, 3.05) is 13.7 Å². The van der Waals surface area contributed by atoms with E-state index in [-0.39, 0.29) is 16.8 Å². The SMILES string of the molecule is CCOC(=O)C(Cc1ccccc1OC)(C(C)(C)C)C(C)(C)C. The molecule has 1 rings (SSSR count). The lowest BCUT2D eigenvalue weighted by Gasteiger charge is -2.51. The summed E-state index contributed by atoms with van der Waals surface area (Å²) in [6.45, 7) is 14.9. The number of methoxy groups -OCH3 is 1. The number of ether oxygens (including phenoxy) is 2. The number of esters is 1. The molecule has 0 heterocycles. The highest BCUT2D eigenvalue weighted by Gasteiger charge is 2.57. The van der Waals surface area contributed by atoms with Crippen molar-refractivity contribution >= 4 is 5.97 Å². The van der Waals surface area contributed by atoms with Gasteiger partial charge in [-0.05, 0) is 35.8 Å². The van der Waals surface area contributed by atoms with Gasteiger partial charge in [0.2, 0.25) is 0 Å². The molecule has 1 aromatic rings. The molecule has 0 N–H and O–H groups in total. The first kappa shape index (κ1) is 19.5. The number of rotatable bonds is 5.